The van der Waals surface area contributed by atoms with Crippen molar-refractivity contribution in [2.45, 2.75) is 26.3 Å². The molecule has 4 aromatic rings. The fourth-order valence-corrected chi connectivity index (χ4v) is 2.72. The number of fused-ring (bicyclic) bond motifs is 2. The molecule has 0 aliphatic heterocycles. The Bertz CT molecular complexity index is 1000. The Morgan fingerprint density at radius 3 is 2.92 bits per heavy atom. The molecule has 0 amide bonds. The number of rotatable bonds is 5. The highest BCUT2D eigenvalue weighted by Crippen LogP contribution is 2.21. The average molecular weight is 322 g/mol. The summed E-state index contributed by atoms with van der Waals surface area (Å²) >= 11 is 0. The third-order valence-corrected chi connectivity index (χ3v) is 3.91. The highest BCUT2D eigenvalue weighted by Gasteiger charge is 2.12. The minimum atomic E-state index is 0.590. The molecule has 0 bridgehead atoms. The fourth-order valence-electron chi connectivity index (χ4n) is 2.72. The Balaban J connectivity index is 1.68. The Kier molecular flexibility index (Phi) is 3.56. The third-order valence-electron chi connectivity index (χ3n) is 3.91. The first-order valence-corrected chi connectivity index (χ1v) is 7.96. The summed E-state index contributed by atoms with van der Waals surface area (Å²) in [7, 11) is 1.89. The van der Waals surface area contributed by atoms with E-state index in [9.17, 15) is 0 Å². The number of aromatic nitrogens is 7. The zero-order valence-corrected chi connectivity index (χ0v) is 13.6. The predicted molar refractivity (Wildman–Crippen MR) is 90.6 cm³/mol. The van der Waals surface area contributed by atoms with Gasteiger partial charge >= 0.3 is 0 Å². The molecule has 0 fully saturated rings. The molecule has 0 unspecified atom stereocenters. The molecule has 4 aromatic heterocycles. The van der Waals surface area contributed by atoms with Crippen molar-refractivity contribution in [2.24, 2.45) is 7.05 Å². The van der Waals surface area contributed by atoms with Gasteiger partial charge in [0.1, 0.15) is 11.6 Å². The summed E-state index contributed by atoms with van der Waals surface area (Å²) in [6, 6.07) is 1.86. The van der Waals surface area contributed by atoms with Gasteiger partial charge in [-0.25, -0.2) is 19.5 Å². The van der Waals surface area contributed by atoms with Crippen molar-refractivity contribution in [1.29, 1.82) is 0 Å². The number of nitrogens with one attached hydrogen (secondary N) is 1. The van der Waals surface area contributed by atoms with E-state index in [0.29, 0.717) is 6.54 Å². The zero-order chi connectivity index (χ0) is 16.5. The quantitative estimate of drug-likeness (QED) is 0.604. The molecule has 8 nitrogen and oxygen atoms in total. The molecule has 0 saturated heterocycles. The van der Waals surface area contributed by atoms with Crippen molar-refractivity contribution in [2.75, 3.05) is 5.32 Å². The highest BCUT2D eigenvalue weighted by atomic mass is 15.3. The van der Waals surface area contributed by atoms with E-state index in [1.807, 2.05) is 25.5 Å². The van der Waals surface area contributed by atoms with E-state index in [1.165, 1.54) is 0 Å². The summed E-state index contributed by atoms with van der Waals surface area (Å²) in [5.41, 5.74) is 2.70. The first-order valence-electron chi connectivity index (χ1n) is 7.96. The third kappa shape index (κ3) is 2.45. The van der Waals surface area contributed by atoms with Gasteiger partial charge < -0.3 is 5.32 Å². The van der Waals surface area contributed by atoms with Crippen LogP contribution in [0.5, 0.6) is 0 Å². The van der Waals surface area contributed by atoms with Crippen LogP contribution in [-0.2, 0) is 20.0 Å². The fraction of sp³-hybridized carbons (Fsp3) is 0.312. The smallest absolute Gasteiger partial charge is 0.163 e. The van der Waals surface area contributed by atoms with Gasteiger partial charge in [0.15, 0.2) is 11.3 Å². The SMILES string of the molecule is CCCc1nc(NCc2cnn3cccnc23)c2cnn(C)c2n1. The van der Waals surface area contributed by atoms with Crippen LogP contribution in [0, 0.1) is 0 Å². The molecule has 0 saturated carbocycles. The van der Waals surface area contributed by atoms with Crippen LogP contribution in [-0.4, -0.2) is 34.3 Å². The summed E-state index contributed by atoms with van der Waals surface area (Å²) in [6.07, 6.45) is 9.11. The topological polar surface area (TPSA) is 85.8 Å². The van der Waals surface area contributed by atoms with Crippen LogP contribution in [0.3, 0.4) is 0 Å². The van der Waals surface area contributed by atoms with Crippen LogP contribution in [0.1, 0.15) is 24.7 Å². The second-order valence-corrected chi connectivity index (χ2v) is 5.66. The number of hydrogen-bond acceptors (Lipinski definition) is 6. The highest BCUT2D eigenvalue weighted by molar-refractivity contribution is 5.86. The van der Waals surface area contributed by atoms with E-state index in [0.717, 1.165) is 46.7 Å². The zero-order valence-electron chi connectivity index (χ0n) is 13.6. The molecule has 0 spiro atoms. The van der Waals surface area contributed by atoms with Gasteiger partial charge in [-0.1, -0.05) is 6.92 Å². The number of hydrogen-bond donors (Lipinski definition) is 1. The van der Waals surface area contributed by atoms with Crippen molar-refractivity contribution in [3.8, 4) is 0 Å². The Hall–Kier alpha value is -3.03. The van der Waals surface area contributed by atoms with Crippen molar-refractivity contribution in [3.05, 3.63) is 42.2 Å². The van der Waals surface area contributed by atoms with Crippen molar-refractivity contribution in [3.63, 3.8) is 0 Å². The van der Waals surface area contributed by atoms with E-state index in [1.54, 1.807) is 21.6 Å². The summed E-state index contributed by atoms with van der Waals surface area (Å²) in [5, 5.41) is 12.9. The Morgan fingerprint density at radius 1 is 1.12 bits per heavy atom. The van der Waals surface area contributed by atoms with Crippen LogP contribution < -0.4 is 5.32 Å². The summed E-state index contributed by atoms with van der Waals surface area (Å²) < 4.78 is 3.54. The van der Waals surface area contributed by atoms with Crippen LogP contribution >= 0.6 is 0 Å². The van der Waals surface area contributed by atoms with E-state index < -0.39 is 0 Å². The summed E-state index contributed by atoms with van der Waals surface area (Å²) in [5.74, 6) is 1.63. The molecule has 0 aromatic carbocycles. The lowest BCUT2D eigenvalue weighted by Crippen LogP contribution is -2.06. The number of aryl methyl sites for hydroxylation is 2. The monoisotopic (exact) mass is 322 g/mol. The van der Waals surface area contributed by atoms with Gasteiger partial charge in [0, 0.05) is 38.0 Å². The lowest BCUT2D eigenvalue weighted by Gasteiger charge is -2.08. The van der Waals surface area contributed by atoms with Gasteiger partial charge in [0.2, 0.25) is 0 Å². The largest absolute Gasteiger partial charge is 0.365 e. The number of anilines is 1. The lowest BCUT2D eigenvalue weighted by molar-refractivity contribution is 0.772. The molecule has 4 heterocycles. The molecule has 8 heteroatoms. The van der Waals surface area contributed by atoms with Crippen molar-refractivity contribution < 1.29 is 0 Å². The van der Waals surface area contributed by atoms with Crippen molar-refractivity contribution in [1.82, 2.24) is 34.3 Å². The van der Waals surface area contributed by atoms with Crippen LogP contribution in [0.4, 0.5) is 5.82 Å². The normalized spacial score (nSPS) is 11.4. The van der Waals surface area contributed by atoms with Gasteiger partial charge in [0.05, 0.1) is 17.8 Å². The molecule has 0 radical (unpaired) electrons. The maximum Gasteiger partial charge on any atom is 0.163 e. The maximum absolute atomic E-state index is 4.66. The van der Waals surface area contributed by atoms with Gasteiger partial charge in [-0.3, -0.25) is 4.68 Å². The Labute approximate surface area is 138 Å². The average Bonchev–Trinajstić information content (AvgIpc) is 3.17. The first-order chi connectivity index (χ1) is 11.8. The molecule has 0 atom stereocenters. The minimum absolute atomic E-state index is 0.590. The lowest BCUT2D eigenvalue weighted by atomic mass is 10.3. The molecule has 1 N–H and O–H groups in total. The second-order valence-electron chi connectivity index (χ2n) is 5.66. The second kappa shape index (κ2) is 5.88. The van der Waals surface area contributed by atoms with Crippen molar-refractivity contribution >= 4 is 22.5 Å². The van der Waals surface area contributed by atoms with E-state index in [-0.39, 0.29) is 0 Å². The van der Waals surface area contributed by atoms with Crippen LogP contribution in [0.2, 0.25) is 0 Å². The Morgan fingerprint density at radius 2 is 2.04 bits per heavy atom. The molecule has 0 aliphatic rings. The molecule has 122 valence electrons. The molecular formula is C16H18N8. The van der Waals surface area contributed by atoms with Crippen LogP contribution in [0.25, 0.3) is 16.7 Å². The van der Waals surface area contributed by atoms with Gasteiger partial charge in [-0.2, -0.15) is 10.2 Å². The molecule has 24 heavy (non-hydrogen) atoms. The van der Waals surface area contributed by atoms with Gasteiger partial charge in [0.25, 0.3) is 0 Å². The molecule has 4 rings (SSSR count). The molecule has 0 aliphatic carbocycles. The maximum atomic E-state index is 4.66. The molecular weight excluding hydrogens is 304 g/mol. The predicted octanol–water partition coefficient (Wildman–Crippen LogP) is 1.97. The summed E-state index contributed by atoms with van der Waals surface area (Å²) in [4.78, 5) is 13.6. The van der Waals surface area contributed by atoms with E-state index in [4.69, 9.17) is 0 Å². The standard InChI is InChI=1S/C16H18N8/c1-3-5-13-21-14(12-10-19-23(2)16(12)22-13)18-8-11-9-20-24-7-4-6-17-15(11)24/h4,6-7,9-10H,3,5,8H2,1-2H3,(H,18,21,22). The first kappa shape index (κ1) is 14.6. The minimum Gasteiger partial charge on any atom is -0.365 e. The van der Waals surface area contributed by atoms with Gasteiger partial charge in [-0.05, 0) is 12.5 Å². The number of nitrogens with zero attached hydrogens (tertiary/aromatic N) is 7. The summed E-state index contributed by atoms with van der Waals surface area (Å²) in [6.45, 7) is 2.71. The van der Waals surface area contributed by atoms with Crippen LogP contribution in [0.15, 0.2) is 30.9 Å². The van der Waals surface area contributed by atoms with Gasteiger partial charge in [-0.15, -0.1) is 0 Å². The van der Waals surface area contributed by atoms with E-state index in [2.05, 4.69) is 37.4 Å². The van der Waals surface area contributed by atoms with E-state index >= 15 is 0 Å².